The van der Waals surface area contributed by atoms with Crippen LogP contribution in [0.1, 0.15) is 56.5 Å². The Morgan fingerprint density at radius 3 is 2.13 bits per heavy atom. The van der Waals surface area contributed by atoms with Gasteiger partial charge in [0.05, 0.1) is 17.6 Å². The van der Waals surface area contributed by atoms with Gasteiger partial charge in [-0.1, -0.05) is 40.5 Å². The lowest BCUT2D eigenvalue weighted by Crippen LogP contribution is -2.46. The maximum absolute atomic E-state index is 13.7. The summed E-state index contributed by atoms with van der Waals surface area (Å²) in [7, 11) is 0. The Balaban J connectivity index is 1.63. The van der Waals surface area contributed by atoms with Crippen LogP contribution in [0.25, 0.3) is 10.9 Å². The first-order valence-corrected chi connectivity index (χ1v) is 15.1. The van der Waals surface area contributed by atoms with Gasteiger partial charge >= 0.3 is 11.9 Å². The summed E-state index contributed by atoms with van der Waals surface area (Å²) in [6, 6.07) is 18.2. The molecule has 0 aliphatic rings. The van der Waals surface area contributed by atoms with E-state index in [1.54, 1.807) is 76.2 Å². The van der Waals surface area contributed by atoms with E-state index in [0.29, 0.717) is 21.3 Å². The smallest absolute Gasteiger partial charge is 0.324 e. The highest BCUT2D eigenvalue weighted by molar-refractivity contribution is 6.31. The number of aryl methyl sites for hydroxylation is 1. The molecule has 45 heavy (non-hydrogen) atoms. The van der Waals surface area contributed by atoms with Gasteiger partial charge in [0.1, 0.15) is 17.9 Å². The number of esters is 2. The van der Waals surface area contributed by atoms with Gasteiger partial charge in [0.25, 0.3) is 5.56 Å². The van der Waals surface area contributed by atoms with Crippen LogP contribution in [0.15, 0.2) is 71.5 Å². The molecule has 12 heteroatoms. The largest absolute Gasteiger partial charge is 0.489 e. The van der Waals surface area contributed by atoms with Gasteiger partial charge in [-0.15, -0.1) is 5.10 Å². The molecule has 0 N–H and O–H groups in total. The van der Waals surface area contributed by atoms with Gasteiger partial charge in [-0.25, -0.2) is 4.68 Å². The maximum Gasteiger partial charge on any atom is 0.324 e. The fraction of sp³-hybridized carbons (Fsp3) is 0.333. The molecule has 0 fully saturated rings. The van der Waals surface area contributed by atoms with E-state index < -0.39 is 47.3 Å². The average molecular weight is 655 g/mol. The minimum atomic E-state index is -2.09. The topological polar surface area (TPSA) is 127 Å². The van der Waals surface area contributed by atoms with Crippen LogP contribution in [-0.4, -0.2) is 44.9 Å². The molecule has 4 aromatic rings. The van der Waals surface area contributed by atoms with Crippen molar-refractivity contribution in [3.05, 3.63) is 98.3 Å². The Hall–Kier alpha value is -4.28. The molecular formula is C33H33Cl2N3O7. The number of ether oxygens (including phenoxy) is 3. The lowest BCUT2D eigenvalue weighted by molar-refractivity contribution is -0.177. The minimum absolute atomic E-state index is 0.214. The van der Waals surface area contributed by atoms with Crippen molar-refractivity contribution in [3.63, 3.8) is 0 Å². The van der Waals surface area contributed by atoms with E-state index in [9.17, 15) is 19.2 Å². The summed E-state index contributed by atoms with van der Waals surface area (Å²) in [5, 5.41) is 9.17. The highest BCUT2D eigenvalue weighted by Crippen LogP contribution is 2.34. The standard InChI is InChI=1S/C33H33Cl2N3O7/c1-20(2)44-31(41)33(32(42)45-21(3)4,14-15-38-30(40)27-17-25(35)10-13-28(27)36-37-38)18-29(39)23-8-11-26(12-9-23)43-19-22-6-5-7-24(34)16-22/h5-13,16-17,20-21H,14-15,18-19H2,1-4H3. The number of ketones is 1. The minimum Gasteiger partial charge on any atom is -0.489 e. The number of nitrogens with zero attached hydrogens (tertiary/aromatic N) is 3. The average Bonchev–Trinajstić information content (AvgIpc) is 2.98. The molecule has 236 valence electrons. The van der Waals surface area contributed by atoms with Crippen molar-refractivity contribution in [2.45, 2.75) is 65.9 Å². The summed E-state index contributed by atoms with van der Waals surface area (Å²) in [6.07, 6.45) is -2.09. The summed E-state index contributed by atoms with van der Waals surface area (Å²) < 4.78 is 17.8. The molecule has 0 atom stereocenters. The maximum atomic E-state index is 13.7. The van der Waals surface area contributed by atoms with Gasteiger partial charge in [0, 0.05) is 28.6 Å². The summed E-state index contributed by atoms with van der Waals surface area (Å²) in [6.45, 7) is 6.54. The second kappa shape index (κ2) is 14.7. The summed E-state index contributed by atoms with van der Waals surface area (Å²) in [4.78, 5) is 54.3. The number of Topliss-reactive ketones (excluding diaryl/α,β-unsaturated/α-hetero) is 1. The predicted octanol–water partition coefficient (Wildman–Crippen LogP) is 6.23. The highest BCUT2D eigenvalue weighted by atomic mass is 35.5. The first-order valence-electron chi connectivity index (χ1n) is 14.3. The van der Waals surface area contributed by atoms with Crippen molar-refractivity contribution in [2.24, 2.45) is 5.41 Å². The summed E-state index contributed by atoms with van der Waals surface area (Å²) in [5.41, 5.74) is -1.16. The van der Waals surface area contributed by atoms with Gasteiger partial charge in [0.2, 0.25) is 0 Å². The Morgan fingerprint density at radius 1 is 0.867 bits per heavy atom. The molecular weight excluding hydrogens is 621 g/mol. The number of hydrogen-bond acceptors (Lipinski definition) is 9. The summed E-state index contributed by atoms with van der Waals surface area (Å²) >= 11 is 12.1. The zero-order valence-electron chi connectivity index (χ0n) is 25.3. The molecule has 0 saturated heterocycles. The lowest BCUT2D eigenvalue weighted by atomic mass is 9.78. The van der Waals surface area contributed by atoms with Crippen molar-refractivity contribution in [1.82, 2.24) is 15.0 Å². The van der Waals surface area contributed by atoms with Crippen LogP contribution >= 0.6 is 23.2 Å². The monoisotopic (exact) mass is 653 g/mol. The molecule has 0 amide bonds. The molecule has 0 bridgehead atoms. The second-order valence-corrected chi connectivity index (χ2v) is 11.9. The van der Waals surface area contributed by atoms with E-state index in [4.69, 9.17) is 37.4 Å². The van der Waals surface area contributed by atoms with Crippen LogP contribution in [0.5, 0.6) is 5.75 Å². The Bertz CT molecular complexity index is 1730. The number of carbonyl (C=O) groups is 3. The molecule has 10 nitrogen and oxygen atoms in total. The molecule has 0 radical (unpaired) electrons. The third-order valence-corrected chi connectivity index (χ3v) is 7.30. The van der Waals surface area contributed by atoms with Gasteiger partial charge in [-0.2, -0.15) is 0 Å². The fourth-order valence-corrected chi connectivity index (χ4v) is 4.96. The molecule has 0 aliphatic heterocycles. The van der Waals surface area contributed by atoms with E-state index >= 15 is 0 Å². The van der Waals surface area contributed by atoms with Gasteiger partial charge in [-0.3, -0.25) is 19.2 Å². The SMILES string of the molecule is CC(C)OC(=O)C(CCn1nnc2ccc(Cl)cc2c1=O)(CC(=O)c1ccc(OCc2cccc(Cl)c2)cc1)C(=O)OC(C)C. The zero-order valence-corrected chi connectivity index (χ0v) is 26.8. The fourth-order valence-electron chi connectivity index (χ4n) is 4.57. The van der Waals surface area contributed by atoms with Gasteiger partial charge in [0.15, 0.2) is 11.2 Å². The van der Waals surface area contributed by atoms with Gasteiger partial charge < -0.3 is 14.2 Å². The van der Waals surface area contributed by atoms with Crippen LogP contribution < -0.4 is 10.3 Å². The number of aromatic nitrogens is 3. The quantitative estimate of drug-likeness (QED) is 0.0937. The van der Waals surface area contributed by atoms with Crippen LogP contribution in [0.3, 0.4) is 0 Å². The molecule has 4 rings (SSSR count). The molecule has 0 unspecified atom stereocenters. The van der Waals surface area contributed by atoms with Gasteiger partial charge in [-0.05, 0) is 94.3 Å². The van der Waals surface area contributed by atoms with Crippen molar-refractivity contribution < 1.29 is 28.6 Å². The van der Waals surface area contributed by atoms with E-state index in [0.717, 1.165) is 10.2 Å². The van der Waals surface area contributed by atoms with Crippen LogP contribution in [0.2, 0.25) is 10.0 Å². The molecule has 1 heterocycles. The zero-order chi connectivity index (χ0) is 32.7. The predicted molar refractivity (Wildman–Crippen MR) is 169 cm³/mol. The molecule has 1 aromatic heterocycles. The summed E-state index contributed by atoms with van der Waals surface area (Å²) in [5.74, 6) is -1.89. The van der Waals surface area contributed by atoms with Crippen LogP contribution in [0.4, 0.5) is 0 Å². The number of halogens is 2. The number of benzene rings is 3. The Kier molecular flexibility index (Phi) is 11.0. The molecule has 0 aliphatic carbocycles. The normalized spacial score (nSPS) is 11.6. The van der Waals surface area contributed by atoms with Crippen molar-refractivity contribution in [1.29, 1.82) is 0 Å². The third-order valence-electron chi connectivity index (χ3n) is 6.83. The Morgan fingerprint density at radius 2 is 1.51 bits per heavy atom. The Labute approximate surface area is 270 Å². The molecule has 0 saturated carbocycles. The molecule has 0 spiro atoms. The van der Waals surface area contributed by atoms with E-state index in [2.05, 4.69) is 10.3 Å². The second-order valence-electron chi connectivity index (χ2n) is 11.1. The van der Waals surface area contributed by atoms with Crippen LogP contribution in [0, 0.1) is 5.41 Å². The van der Waals surface area contributed by atoms with Crippen molar-refractivity contribution in [3.8, 4) is 5.75 Å². The number of carbonyl (C=O) groups excluding carboxylic acids is 3. The first kappa shape index (κ1) is 33.6. The third kappa shape index (κ3) is 8.46. The number of hydrogen-bond donors (Lipinski definition) is 0. The number of rotatable bonds is 13. The van der Waals surface area contributed by atoms with Crippen molar-refractivity contribution >= 4 is 51.8 Å². The number of fused-ring (bicyclic) bond motifs is 1. The van der Waals surface area contributed by atoms with Crippen LogP contribution in [-0.2, 0) is 32.2 Å². The van der Waals surface area contributed by atoms with E-state index in [1.807, 2.05) is 12.1 Å². The van der Waals surface area contributed by atoms with E-state index in [-0.39, 0.29) is 30.5 Å². The van der Waals surface area contributed by atoms with Crippen molar-refractivity contribution in [2.75, 3.05) is 0 Å². The first-order chi connectivity index (χ1) is 21.4. The highest BCUT2D eigenvalue weighted by Gasteiger charge is 2.51. The van der Waals surface area contributed by atoms with E-state index in [1.165, 1.54) is 6.07 Å². The molecule has 3 aromatic carbocycles. The lowest BCUT2D eigenvalue weighted by Gasteiger charge is -2.30.